The SMILES string of the molecule is COC(=O)CCCOc1ccc(CCCCCCOc2cc(-c3ccccc3)cc(-c3ccccc3)n2)c(CCC(=O)OC)c1. The number of pyridine rings is 1. The second-order valence-corrected chi connectivity index (χ2v) is 10.9. The average Bonchev–Trinajstić information content (AvgIpc) is 3.09. The van der Waals surface area contributed by atoms with Crippen molar-refractivity contribution in [2.45, 2.75) is 57.8 Å². The van der Waals surface area contributed by atoms with Crippen molar-refractivity contribution in [3.63, 3.8) is 0 Å². The number of esters is 2. The molecule has 0 radical (unpaired) electrons. The minimum atomic E-state index is -0.245. The lowest BCUT2D eigenvalue weighted by molar-refractivity contribution is -0.141. The first-order chi connectivity index (χ1) is 22.1. The van der Waals surface area contributed by atoms with E-state index in [0.29, 0.717) is 44.8 Å². The van der Waals surface area contributed by atoms with Crippen LogP contribution < -0.4 is 9.47 Å². The fourth-order valence-corrected chi connectivity index (χ4v) is 5.10. The summed E-state index contributed by atoms with van der Waals surface area (Å²) in [5.74, 6) is 0.898. The first kappa shape index (κ1) is 33.2. The van der Waals surface area contributed by atoms with Gasteiger partial charge in [0.1, 0.15) is 5.75 Å². The second-order valence-electron chi connectivity index (χ2n) is 10.9. The number of ether oxygens (including phenoxy) is 4. The molecule has 3 aromatic carbocycles. The molecular formula is C38H43NO6. The highest BCUT2D eigenvalue weighted by Gasteiger charge is 2.10. The van der Waals surface area contributed by atoms with E-state index in [0.717, 1.165) is 65.8 Å². The summed E-state index contributed by atoms with van der Waals surface area (Å²) >= 11 is 0. The predicted octanol–water partition coefficient (Wildman–Crippen LogP) is 8.04. The summed E-state index contributed by atoms with van der Waals surface area (Å²) in [6.45, 7) is 1.03. The Hall–Kier alpha value is -4.65. The number of aryl methyl sites for hydroxylation is 2. The summed E-state index contributed by atoms with van der Waals surface area (Å²) < 4.78 is 21.5. The Kier molecular flexibility index (Phi) is 13.5. The van der Waals surface area contributed by atoms with Crippen LogP contribution in [0.5, 0.6) is 11.6 Å². The molecule has 0 spiro atoms. The first-order valence-corrected chi connectivity index (χ1v) is 15.7. The van der Waals surface area contributed by atoms with Gasteiger partial charge in [-0.25, -0.2) is 4.98 Å². The van der Waals surface area contributed by atoms with Gasteiger partial charge in [0.15, 0.2) is 0 Å². The lowest BCUT2D eigenvalue weighted by Gasteiger charge is -2.13. The number of carbonyl (C=O) groups excluding carboxylic acids is 2. The topological polar surface area (TPSA) is 84.0 Å². The van der Waals surface area contributed by atoms with Gasteiger partial charge < -0.3 is 18.9 Å². The molecule has 7 heteroatoms. The quantitative estimate of drug-likeness (QED) is 0.0834. The van der Waals surface area contributed by atoms with Crippen LogP contribution in [0.3, 0.4) is 0 Å². The Labute approximate surface area is 266 Å². The Morgan fingerprint density at radius 2 is 1.24 bits per heavy atom. The number of rotatable bonds is 18. The maximum atomic E-state index is 11.8. The molecular weight excluding hydrogens is 566 g/mol. The summed E-state index contributed by atoms with van der Waals surface area (Å²) in [5, 5.41) is 0. The molecule has 0 aliphatic carbocycles. The van der Waals surface area contributed by atoms with E-state index in [1.165, 1.54) is 19.8 Å². The highest BCUT2D eigenvalue weighted by molar-refractivity contribution is 5.72. The molecule has 4 aromatic rings. The number of hydrogen-bond donors (Lipinski definition) is 0. The maximum Gasteiger partial charge on any atom is 0.305 e. The van der Waals surface area contributed by atoms with Gasteiger partial charge in [-0.3, -0.25) is 9.59 Å². The molecule has 0 fully saturated rings. The largest absolute Gasteiger partial charge is 0.494 e. The van der Waals surface area contributed by atoms with Crippen molar-refractivity contribution >= 4 is 11.9 Å². The highest BCUT2D eigenvalue weighted by Crippen LogP contribution is 2.29. The number of nitrogens with zero attached hydrogens (tertiary/aromatic N) is 1. The summed E-state index contributed by atoms with van der Waals surface area (Å²) in [6.07, 6.45) is 6.81. The smallest absolute Gasteiger partial charge is 0.305 e. The van der Waals surface area contributed by atoms with Crippen LogP contribution in [0.25, 0.3) is 22.4 Å². The van der Waals surface area contributed by atoms with E-state index in [2.05, 4.69) is 41.1 Å². The Bertz CT molecular complexity index is 1430. The second kappa shape index (κ2) is 18.2. The Morgan fingerprint density at radius 3 is 1.98 bits per heavy atom. The summed E-state index contributed by atoms with van der Waals surface area (Å²) in [6, 6.07) is 30.7. The zero-order valence-electron chi connectivity index (χ0n) is 26.3. The van der Waals surface area contributed by atoms with Crippen molar-refractivity contribution in [1.29, 1.82) is 0 Å². The van der Waals surface area contributed by atoms with E-state index in [4.69, 9.17) is 19.2 Å². The molecule has 0 saturated heterocycles. The van der Waals surface area contributed by atoms with Crippen LogP contribution in [-0.4, -0.2) is 44.4 Å². The van der Waals surface area contributed by atoms with E-state index in [-0.39, 0.29) is 11.9 Å². The molecule has 0 atom stereocenters. The molecule has 0 saturated carbocycles. The molecule has 7 nitrogen and oxygen atoms in total. The van der Waals surface area contributed by atoms with Gasteiger partial charge in [-0.05, 0) is 72.6 Å². The molecule has 1 aromatic heterocycles. The van der Waals surface area contributed by atoms with Gasteiger partial charge >= 0.3 is 11.9 Å². The molecule has 0 aliphatic heterocycles. The molecule has 0 N–H and O–H groups in total. The standard InChI is InChI=1S/C38H43NO6/c1-42-37(40)19-13-25-44-34-22-20-30(32(26-34)21-23-38(41)43-2)16-7-3-4-12-24-45-36-28-33(29-14-8-5-9-15-29)27-35(39-36)31-17-10-6-11-18-31/h5-6,8-11,14-15,17-18,20,22,26-28H,3-4,7,12-13,16,19,21,23-25H2,1-2H3. The Morgan fingerprint density at radius 1 is 0.578 bits per heavy atom. The van der Waals surface area contributed by atoms with Crippen LogP contribution >= 0.6 is 0 Å². The molecule has 1 heterocycles. The van der Waals surface area contributed by atoms with Crippen molar-refractivity contribution in [2.75, 3.05) is 27.4 Å². The number of hydrogen-bond acceptors (Lipinski definition) is 7. The van der Waals surface area contributed by atoms with Gasteiger partial charge in [-0.1, -0.05) is 79.6 Å². The fourth-order valence-electron chi connectivity index (χ4n) is 5.10. The highest BCUT2D eigenvalue weighted by atomic mass is 16.5. The van der Waals surface area contributed by atoms with Gasteiger partial charge in [0.05, 0.1) is 33.1 Å². The van der Waals surface area contributed by atoms with Gasteiger partial charge in [0.25, 0.3) is 0 Å². The third-order valence-corrected chi connectivity index (χ3v) is 7.59. The van der Waals surface area contributed by atoms with E-state index >= 15 is 0 Å². The third kappa shape index (κ3) is 11.1. The van der Waals surface area contributed by atoms with E-state index in [9.17, 15) is 9.59 Å². The number of benzene rings is 3. The zero-order valence-corrected chi connectivity index (χ0v) is 26.3. The Balaban J connectivity index is 1.27. The van der Waals surface area contributed by atoms with Gasteiger partial charge in [0, 0.05) is 24.5 Å². The molecule has 236 valence electrons. The lowest BCUT2D eigenvalue weighted by atomic mass is 9.97. The number of carbonyl (C=O) groups is 2. The summed E-state index contributed by atoms with van der Waals surface area (Å²) in [7, 11) is 2.79. The summed E-state index contributed by atoms with van der Waals surface area (Å²) in [4.78, 5) is 28.0. The fraction of sp³-hybridized carbons (Fsp3) is 0.342. The minimum Gasteiger partial charge on any atom is -0.494 e. The van der Waals surface area contributed by atoms with Crippen molar-refractivity contribution in [1.82, 2.24) is 4.98 Å². The van der Waals surface area contributed by atoms with E-state index in [1.807, 2.05) is 54.6 Å². The van der Waals surface area contributed by atoms with Crippen LogP contribution in [0.2, 0.25) is 0 Å². The molecule has 0 amide bonds. The van der Waals surface area contributed by atoms with E-state index < -0.39 is 0 Å². The third-order valence-electron chi connectivity index (χ3n) is 7.59. The van der Waals surface area contributed by atoms with Gasteiger partial charge in [-0.2, -0.15) is 0 Å². The van der Waals surface area contributed by atoms with Gasteiger partial charge in [0.2, 0.25) is 5.88 Å². The maximum absolute atomic E-state index is 11.8. The summed E-state index contributed by atoms with van der Waals surface area (Å²) in [5.41, 5.74) is 6.48. The minimum absolute atomic E-state index is 0.231. The normalized spacial score (nSPS) is 10.7. The average molecular weight is 610 g/mol. The first-order valence-electron chi connectivity index (χ1n) is 15.7. The molecule has 4 rings (SSSR count). The van der Waals surface area contributed by atoms with Gasteiger partial charge in [-0.15, -0.1) is 0 Å². The molecule has 0 aliphatic rings. The van der Waals surface area contributed by atoms with Crippen LogP contribution in [0.15, 0.2) is 91.0 Å². The van der Waals surface area contributed by atoms with Crippen LogP contribution in [0.1, 0.15) is 56.1 Å². The van der Waals surface area contributed by atoms with Crippen LogP contribution in [-0.2, 0) is 31.9 Å². The van der Waals surface area contributed by atoms with Crippen LogP contribution in [0, 0.1) is 0 Å². The van der Waals surface area contributed by atoms with Crippen molar-refractivity contribution < 1.29 is 28.5 Å². The van der Waals surface area contributed by atoms with E-state index in [1.54, 1.807) is 0 Å². The number of unbranched alkanes of at least 4 members (excludes halogenated alkanes) is 3. The van der Waals surface area contributed by atoms with Crippen molar-refractivity contribution in [3.05, 3.63) is 102 Å². The molecule has 45 heavy (non-hydrogen) atoms. The zero-order chi connectivity index (χ0) is 31.7. The predicted molar refractivity (Wildman–Crippen MR) is 176 cm³/mol. The number of methoxy groups -OCH3 is 2. The van der Waals surface area contributed by atoms with Crippen LogP contribution in [0.4, 0.5) is 0 Å². The lowest BCUT2D eigenvalue weighted by Crippen LogP contribution is -2.06. The van der Waals surface area contributed by atoms with Crippen molar-refractivity contribution in [3.8, 4) is 34.0 Å². The van der Waals surface area contributed by atoms with Crippen molar-refractivity contribution in [2.24, 2.45) is 0 Å². The molecule has 0 bridgehead atoms. The number of aromatic nitrogens is 1. The monoisotopic (exact) mass is 609 g/mol. The molecule has 0 unspecified atom stereocenters.